The average molecular weight is 303 g/mol. The topological polar surface area (TPSA) is 85.5 Å². The highest BCUT2D eigenvalue weighted by Crippen LogP contribution is 2.39. The summed E-state index contributed by atoms with van der Waals surface area (Å²) in [5.74, 6) is -0.294. The second-order valence-corrected chi connectivity index (χ2v) is 6.21. The molecule has 118 valence electrons. The molecule has 0 saturated carbocycles. The quantitative estimate of drug-likeness (QED) is 0.909. The van der Waals surface area contributed by atoms with Crippen LogP contribution in [0.4, 0.5) is 0 Å². The zero-order valence-electron chi connectivity index (χ0n) is 12.7. The Bertz CT molecular complexity index is 604. The molecule has 2 aliphatic rings. The first-order valence-electron chi connectivity index (χ1n) is 7.73. The fraction of sp³-hybridized carbons (Fsp3) is 0.562. The van der Waals surface area contributed by atoms with Gasteiger partial charge in [0.2, 0.25) is 0 Å². The number of hydrogen-bond donors (Lipinski definition) is 1. The number of nitrogens with two attached hydrogens (primary N) is 1. The maximum absolute atomic E-state index is 12.7. The van der Waals surface area contributed by atoms with E-state index in [1.807, 2.05) is 0 Å². The molecule has 1 spiro atoms. The molecule has 22 heavy (non-hydrogen) atoms. The van der Waals surface area contributed by atoms with Gasteiger partial charge in [0.1, 0.15) is 5.69 Å². The van der Waals surface area contributed by atoms with Crippen LogP contribution in [-0.2, 0) is 4.74 Å². The number of primary amides is 1. The minimum Gasteiger partial charge on any atom is -0.373 e. The molecule has 2 unspecified atom stereocenters. The number of rotatable bonds is 3. The molecular formula is C16H21N3O3. The maximum Gasteiger partial charge on any atom is 0.268 e. The predicted molar refractivity (Wildman–Crippen MR) is 80.4 cm³/mol. The van der Waals surface area contributed by atoms with Crippen LogP contribution in [0.15, 0.2) is 18.3 Å². The van der Waals surface area contributed by atoms with Gasteiger partial charge >= 0.3 is 0 Å². The molecule has 0 aromatic carbocycles. The molecule has 2 aliphatic heterocycles. The van der Waals surface area contributed by atoms with Crippen molar-refractivity contribution in [3.05, 3.63) is 29.6 Å². The molecular weight excluding hydrogens is 282 g/mol. The average Bonchev–Trinajstić information content (AvgIpc) is 3.14. The van der Waals surface area contributed by atoms with Crippen molar-refractivity contribution in [2.24, 2.45) is 11.7 Å². The largest absolute Gasteiger partial charge is 0.373 e. The minimum atomic E-state index is -0.680. The summed E-state index contributed by atoms with van der Waals surface area (Å²) < 4.78 is 6.00. The van der Waals surface area contributed by atoms with Gasteiger partial charge in [-0.05, 0) is 30.9 Å². The Morgan fingerprint density at radius 2 is 2.36 bits per heavy atom. The van der Waals surface area contributed by atoms with Gasteiger partial charge in [0.25, 0.3) is 11.8 Å². The van der Waals surface area contributed by atoms with E-state index in [-0.39, 0.29) is 22.8 Å². The molecule has 0 radical (unpaired) electrons. The van der Waals surface area contributed by atoms with E-state index < -0.39 is 5.91 Å². The number of amides is 2. The molecule has 2 amide bonds. The van der Waals surface area contributed by atoms with Crippen molar-refractivity contribution in [1.29, 1.82) is 0 Å². The number of ether oxygens (including phenoxy) is 1. The number of hydrogen-bond acceptors (Lipinski definition) is 4. The van der Waals surface area contributed by atoms with Crippen LogP contribution in [-0.4, -0.2) is 47.0 Å². The van der Waals surface area contributed by atoms with Gasteiger partial charge in [0, 0.05) is 12.7 Å². The fourth-order valence-corrected chi connectivity index (χ4v) is 3.45. The lowest BCUT2D eigenvalue weighted by Crippen LogP contribution is -2.36. The molecule has 2 saturated heterocycles. The summed E-state index contributed by atoms with van der Waals surface area (Å²) in [4.78, 5) is 29.8. The molecule has 1 aromatic heterocycles. The lowest BCUT2D eigenvalue weighted by molar-refractivity contribution is 0.0116. The molecule has 2 atom stereocenters. The third kappa shape index (κ3) is 2.59. The van der Waals surface area contributed by atoms with E-state index in [4.69, 9.17) is 10.5 Å². The van der Waals surface area contributed by atoms with Crippen LogP contribution in [0, 0.1) is 5.92 Å². The van der Waals surface area contributed by atoms with E-state index >= 15 is 0 Å². The van der Waals surface area contributed by atoms with E-state index in [1.54, 1.807) is 17.0 Å². The molecule has 6 heteroatoms. The lowest BCUT2D eigenvalue weighted by atomic mass is 9.92. The van der Waals surface area contributed by atoms with E-state index in [1.165, 1.54) is 6.20 Å². The minimum absolute atomic E-state index is 0.0345. The second kappa shape index (κ2) is 5.68. The number of pyridine rings is 1. The highest BCUT2D eigenvalue weighted by Gasteiger charge is 2.46. The third-order valence-corrected chi connectivity index (χ3v) is 4.74. The summed E-state index contributed by atoms with van der Waals surface area (Å²) in [6.07, 6.45) is 4.42. The number of carbonyl (C=O) groups is 2. The predicted octanol–water partition coefficient (Wildman–Crippen LogP) is 1.21. The monoisotopic (exact) mass is 303 g/mol. The summed E-state index contributed by atoms with van der Waals surface area (Å²) in [6.45, 7) is 4.16. The molecule has 1 aromatic rings. The Kier molecular flexibility index (Phi) is 3.87. The van der Waals surface area contributed by atoms with Gasteiger partial charge in [-0.3, -0.25) is 14.6 Å². The Balaban J connectivity index is 1.77. The number of aromatic nitrogens is 1. The van der Waals surface area contributed by atoms with Crippen LogP contribution in [0.3, 0.4) is 0 Å². The first-order valence-corrected chi connectivity index (χ1v) is 7.73. The smallest absolute Gasteiger partial charge is 0.268 e. The SMILES string of the molecule is CCC1COC2(CCN(C(=O)c3cccnc3C(N)=O)C2)C1. The Labute approximate surface area is 129 Å². The molecule has 3 rings (SSSR count). The summed E-state index contributed by atoms with van der Waals surface area (Å²) in [7, 11) is 0. The normalized spacial score (nSPS) is 27.5. The standard InChI is InChI=1S/C16H21N3O3/c1-2-11-8-16(22-9-11)5-7-19(10-16)15(21)12-4-3-6-18-13(12)14(17)20/h3-4,6,11H,2,5,7-10H2,1H3,(H2,17,20). The van der Waals surface area contributed by atoms with Crippen LogP contribution in [0.25, 0.3) is 0 Å². The molecule has 3 heterocycles. The van der Waals surface area contributed by atoms with Crippen LogP contribution in [0.5, 0.6) is 0 Å². The third-order valence-electron chi connectivity index (χ3n) is 4.74. The van der Waals surface area contributed by atoms with Crippen LogP contribution >= 0.6 is 0 Å². The number of carbonyl (C=O) groups excluding carboxylic acids is 2. The Morgan fingerprint density at radius 1 is 1.55 bits per heavy atom. The summed E-state index contributed by atoms with van der Waals surface area (Å²) in [5, 5.41) is 0. The van der Waals surface area contributed by atoms with Crippen LogP contribution < -0.4 is 5.73 Å². The molecule has 6 nitrogen and oxygen atoms in total. The molecule has 0 aliphatic carbocycles. The first-order chi connectivity index (χ1) is 10.5. The Morgan fingerprint density at radius 3 is 3.05 bits per heavy atom. The molecule has 2 N–H and O–H groups in total. The fourth-order valence-electron chi connectivity index (χ4n) is 3.45. The van der Waals surface area contributed by atoms with Crippen LogP contribution in [0.1, 0.15) is 47.0 Å². The van der Waals surface area contributed by atoms with Gasteiger partial charge < -0.3 is 15.4 Å². The van der Waals surface area contributed by atoms with Crippen molar-refractivity contribution in [2.45, 2.75) is 31.8 Å². The molecule has 2 fully saturated rings. The number of likely N-dealkylation sites (tertiary alicyclic amines) is 1. The molecule has 0 bridgehead atoms. The van der Waals surface area contributed by atoms with Gasteiger partial charge in [-0.1, -0.05) is 13.3 Å². The van der Waals surface area contributed by atoms with Crippen molar-refractivity contribution in [3.63, 3.8) is 0 Å². The zero-order chi connectivity index (χ0) is 15.7. The van der Waals surface area contributed by atoms with Gasteiger partial charge in [-0.15, -0.1) is 0 Å². The van der Waals surface area contributed by atoms with Crippen molar-refractivity contribution < 1.29 is 14.3 Å². The van der Waals surface area contributed by atoms with Crippen molar-refractivity contribution in [3.8, 4) is 0 Å². The second-order valence-electron chi connectivity index (χ2n) is 6.21. The van der Waals surface area contributed by atoms with Gasteiger partial charge in [-0.2, -0.15) is 0 Å². The van der Waals surface area contributed by atoms with Crippen molar-refractivity contribution in [1.82, 2.24) is 9.88 Å². The lowest BCUT2D eigenvalue weighted by Gasteiger charge is -2.23. The van der Waals surface area contributed by atoms with Gasteiger partial charge in [0.05, 0.1) is 24.3 Å². The van der Waals surface area contributed by atoms with Gasteiger partial charge in [0.15, 0.2) is 0 Å². The maximum atomic E-state index is 12.7. The van der Waals surface area contributed by atoms with E-state index in [0.29, 0.717) is 19.0 Å². The van der Waals surface area contributed by atoms with E-state index in [2.05, 4.69) is 11.9 Å². The summed E-state index contributed by atoms with van der Waals surface area (Å²) >= 11 is 0. The highest BCUT2D eigenvalue weighted by atomic mass is 16.5. The Hall–Kier alpha value is -1.95. The van der Waals surface area contributed by atoms with Crippen LogP contribution in [0.2, 0.25) is 0 Å². The zero-order valence-corrected chi connectivity index (χ0v) is 12.7. The number of nitrogens with zero attached hydrogens (tertiary/aromatic N) is 2. The summed E-state index contributed by atoms with van der Waals surface area (Å²) in [6, 6.07) is 3.25. The van der Waals surface area contributed by atoms with Crippen molar-refractivity contribution in [2.75, 3.05) is 19.7 Å². The van der Waals surface area contributed by atoms with E-state index in [0.717, 1.165) is 25.9 Å². The van der Waals surface area contributed by atoms with E-state index in [9.17, 15) is 9.59 Å². The summed E-state index contributed by atoms with van der Waals surface area (Å²) in [5.41, 5.74) is 5.41. The highest BCUT2D eigenvalue weighted by molar-refractivity contribution is 6.05. The van der Waals surface area contributed by atoms with Crippen molar-refractivity contribution >= 4 is 11.8 Å². The first kappa shape index (κ1) is 15.0. The van der Waals surface area contributed by atoms with Gasteiger partial charge in [-0.25, -0.2) is 0 Å².